The van der Waals surface area contributed by atoms with E-state index in [1.165, 1.54) is 17.0 Å². The lowest BCUT2D eigenvalue weighted by molar-refractivity contribution is -0.113. The van der Waals surface area contributed by atoms with Gasteiger partial charge in [-0.3, -0.25) is 9.69 Å². The van der Waals surface area contributed by atoms with Crippen molar-refractivity contribution in [1.29, 1.82) is 0 Å². The maximum Gasteiger partial charge on any atom is 0.335 e. The number of thiocarbonyl (C=S) groups is 1. The normalized spacial score (nSPS) is 14.3. The summed E-state index contributed by atoms with van der Waals surface area (Å²) in [6.45, 7) is 2.72. The van der Waals surface area contributed by atoms with Crippen LogP contribution in [0.25, 0.3) is 6.08 Å². The van der Waals surface area contributed by atoms with E-state index in [1.54, 1.807) is 48.5 Å². The molecule has 1 aliphatic heterocycles. The fourth-order valence-electron chi connectivity index (χ4n) is 3.42. The number of amides is 1. The number of nitrogens with zero attached hydrogens (tertiary/aromatic N) is 1. The van der Waals surface area contributed by atoms with Crippen molar-refractivity contribution in [3.63, 3.8) is 0 Å². The largest absolute Gasteiger partial charge is 0.494 e. The molecule has 4 rings (SSSR count). The van der Waals surface area contributed by atoms with Gasteiger partial charge >= 0.3 is 5.97 Å². The number of anilines is 1. The maximum absolute atomic E-state index is 13.1. The molecule has 0 aromatic heterocycles. The lowest BCUT2D eigenvalue weighted by Gasteiger charge is -2.14. The summed E-state index contributed by atoms with van der Waals surface area (Å²) in [6, 6.07) is 21.0. The third-order valence-electron chi connectivity index (χ3n) is 5.10. The molecule has 1 amide bonds. The van der Waals surface area contributed by atoms with E-state index in [2.05, 4.69) is 5.32 Å². The Hall–Kier alpha value is -4.17. The van der Waals surface area contributed by atoms with Crippen molar-refractivity contribution < 1.29 is 24.2 Å². The first-order chi connectivity index (χ1) is 16.5. The molecule has 1 heterocycles. The summed E-state index contributed by atoms with van der Waals surface area (Å²) in [6.07, 6.45) is 1.70. The van der Waals surface area contributed by atoms with Gasteiger partial charge in [-0.2, -0.15) is 0 Å². The second-order valence-corrected chi connectivity index (χ2v) is 7.77. The Morgan fingerprint density at radius 2 is 1.74 bits per heavy atom. The zero-order chi connectivity index (χ0) is 24.1. The van der Waals surface area contributed by atoms with Gasteiger partial charge in [-0.1, -0.05) is 30.3 Å². The average Bonchev–Trinajstić information content (AvgIpc) is 3.12. The molecule has 0 radical (unpaired) electrons. The van der Waals surface area contributed by atoms with Crippen LogP contribution >= 0.6 is 12.2 Å². The first-order valence-corrected chi connectivity index (χ1v) is 11.0. The predicted octanol–water partition coefficient (Wildman–Crippen LogP) is 4.62. The molecule has 0 saturated carbocycles. The minimum absolute atomic E-state index is 0.216. The molecule has 1 fully saturated rings. The molecule has 0 spiro atoms. The van der Waals surface area contributed by atoms with Gasteiger partial charge in [0, 0.05) is 5.56 Å². The van der Waals surface area contributed by atoms with Gasteiger partial charge in [0.25, 0.3) is 5.91 Å². The summed E-state index contributed by atoms with van der Waals surface area (Å²) < 4.78 is 11.4. The standard InChI is InChI=1S/C26H22N2O5S/c1-2-32-21-13-11-20(12-14-21)28-24(29)22(27-26(28)34)15-19-5-3-4-6-23(19)33-16-17-7-9-18(10-8-17)25(30)31/h3-15H,2,16H2,1H3,(H,27,34)(H,30,31). The summed E-state index contributed by atoms with van der Waals surface area (Å²) in [7, 11) is 0. The molecule has 1 saturated heterocycles. The topological polar surface area (TPSA) is 88.1 Å². The van der Waals surface area contributed by atoms with Gasteiger partial charge in [0.1, 0.15) is 23.8 Å². The number of carbonyl (C=O) groups excluding carboxylic acids is 1. The van der Waals surface area contributed by atoms with Gasteiger partial charge in [0.05, 0.1) is 17.9 Å². The number of rotatable bonds is 8. The molecular formula is C26H22N2O5S. The molecule has 172 valence electrons. The zero-order valence-electron chi connectivity index (χ0n) is 18.4. The van der Waals surface area contributed by atoms with Crippen molar-refractivity contribution in [1.82, 2.24) is 5.32 Å². The van der Waals surface area contributed by atoms with Crippen molar-refractivity contribution in [2.24, 2.45) is 0 Å². The van der Waals surface area contributed by atoms with E-state index < -0.39 is 5.97 Å². The highest BCUT2D eigenvalue weighted by molar-refractivity contribution is 7.80. The van der Waals surface area contributed by atoms with Crippen molar-refractivity contribution in [2.45, 2.75) is 13.5 Å². The Kier molecular flexibility index (Phi) is 6.89. The lowest BCUT2D eigenvalue weighted by atomic mass is 10.1. The van der Waals surface area contributed by atoms with Gasteiger partial charge in [-0.25, -0.2) is 4.79 Å². The van der Waals surface area contributed by atoms with Crippen molar-refractivity contribution in [3.8, 4) is 11.5 Å². The minimum atomic E-state index is -0.977. The Labute approximate surface area is 202 Å². The van der Waals surface area contributed by atoms with Crippen molar-refractivity contribution in [2.75, 3.05) is 11.5 Å². The molecule has 7 nitrogen and oxygen atoms in total. The highest BCUT2D eigenvalue weighted by Gasteiger charge is 2.32. The van der Waals surface area contributed by atoms with E-state index >= 15 is 0 Å². The Bertz CT molecular complexity index is 1250. The Balaban J connectivity index is 1.51. The molecular weight excluding hydrogens is 452 g/mol. The number of carboxylic acids is 1. The quantitative estimate of drug-likeness (QED) is 0.364. The molecule has 0 bridgehead atoms. The van der Waals surface area contributed by atoms with Crippen LogP contribution in [-0.2, 0) is 11.4 Å². The highest BCUT2D eigenvalue weighted by Crippen LogP contribution is 2.27. The van der Waals surface area contributed by atoms with Crippen LogP contribution in [0.1, 0.15) is 28.4 Å². The highest BCUT2D eigenvalue weighted by atomic mass is 32.1. The maximum atomic E-state index is 13.1. The van der Waals surface area contributed by atoms with E-state index in [9.17, 15) is 9.59 Å². The smallest absolute Gasteiger partial charge is 0.335 e. The number of nitrogens with one attached hydrogen (secondary N) is 1. The number of hydrogen-bond donors (Lipinski definition) is 2. The molecule has 0 aliphatic carbocycles. The van der Waals surface area contributed by atoms with Crippen LogP contribution in [0.2, 0.25) is 0 Å². The molecule has 2 N–H and O–H groups in total. The minimum Gasteiger partial charge on any atom is -0.494 e. The van der Waals surface area contributed by atoms with Gasteiger partial charge in [-0.15, -0.1) is 0 Å². The molecule has 1 aliphatic rings. The van der Waals surface area contributed by atoms with Crippen molar-refractivity contribution >= 4 is 41.0 Å². The first kappa shape index (κ1) is 23.0. The molecule has 0 unspecified atom stereocenters. The molecule has 34 heavy (non-hydrogen) atoms. The monoisotopic (exact) mass is 474 g/mol. The fourth-order valence-corrected chi connectivity index (χ4v) is 3.72. The number of ether oxygens (including phenoxy) is 2. The van der Waals surface area contributed by atoms with E-state index in [0.29, 0.717) is 29.3 Å². The Morgan fingerprint density at radius 3 is 2.41 bits per heavy atom. The van der Waals surface area contributed by atoms with Crippen LogP contribution in [0, 0.1) is 0 Å². The van der Waals surface area contributed by atoms with Gasteiger partial charge in [-0.05, 0) is 73.2 Å². The van der Waals surface area contributed by atoms with Gasteiger partial charge < -0.3 is 19.9 Å². The average molecular weight is 475 g/mol. The molecule has 3 aromatic carbocycles. The predicted molar refractivity (Wildman–Crippen MR) is 133 cm³/mol. The summed E-state index contributed by atoms with van der Waals surface area (Å²) in [4.78, 5) is 25.5. The third kappa shape index (κ3) is 5.07. The first-order valence-electron chi connectivity index (χ1n) is 10.6. The number of hydrogen-bond acceptors (Lipinski definition) is 5. The van der Waals surface area contributed by atoms with Gasteiger partial charge in [0.2, 0.25) is 0 Å². The fraction of sp³-hybridized carbons (Fsp3) is 0.115. The van der Waals surface area contributed by atoms with Gasteiger partial charge in [0.15, 0.2) is 5.11 Å². The summed E-state index contributed by atoms with van der Waals surface area (Å²) in [5, 5.41) is 12.3. The summed E-state index contributed by atoms with van der Waals surface area (Å²) >= 11 is 5.40. The SMILES string of the molecule is CCOc1ccc(N2C(=O)C(=Cc3ccccc3OCc3ccc(C(=O)O)cc3)NC2=S)cc1. The third-order valence-corrected chi connectivity index (χ3v) is 5.38. The Morgan fingerprint density at radius 1 is 1.03 bits per heavy atom. The van der Waals surface area contributed by atoms with Crippen LogP contribution in [0.5, 0.6) is 11.5 Å². The van der Waals surface area contributed by atoms with Crippen LogP contribution in [0.4, 0.5) is 5.69 Å². The second-order valence-electron chi connectivity index (χ2n) is 7.38. The van der Waals surface area contributed by atoms with Crippen LogP contribution in [-0.4, -0.2) is 28.7 Å². The van der Waals surface area contributed by atoms with Crippen LogP contribution in [0.15, 0.2) is 78.5 Å². The zero-order valence-corrected chi connectivity index (χ0v) is 19.2. The van der Waals surface area contributed by atoms with E-state index in [-0.39, 0.29) is 23.2 Å². The van der Waals surface area contributed by atoms with Crippen LogP contribution < -0.4 is 19.7 Å². The number of benzene rings is 3. The molecule has 8 heteroatoms. The molecule has 0 atom stereocenters. The summed E-state index contributed by atoms with van der Waals surface area (Å²) in [5.74, 6) is 0.0529. The van der Waals surface area contributed by atoms with E-state index in [4.69, 9.17) is 26.8 Å². The lowest BCUT2D eigenvalue weighted by Crippen LogP contribution is -2.30. The number of carbonyl (C=O) groups is 2. The number of aromatic carboxylic acids is 1. The van der Waals surface area contributed by atoms with Crippen molar-refractivity contribution in [3.05, 3.63) is 95.2 Å². The van der Waals surface area contributed by atoms with E-state index in [1.807, 2.05) is 25.1 Å². The number of carboxylic acid groups (broad SMARTS) is 1. The van der Waals surface area contributed by atoms with E-state index in [0.717, 1.165) is 11.3 Å². The second kappa shape index (κ2) is 10.2. The summed E-state index contributed by atoms with van der Waals surface area (Å²) in [5.41, 5.74) is 2.72. The van der Waals surface area contributed by atoms with Crippen LogP contribution in [0.3, 0.4) is 0 Å². The number of para-hydroxylation sites is 1. The molecule has 3 aromatic rings.